The van der Waals surface area contributed by atoms with Gasteiger partial charge in [-0.1, -0.05) is 42.1 Å². The van der Waals surface area contributed by atoms with Crippen LogP contribution in [-0.4, -0.2) is 62.4 Å². The number of aromatic nitrogens is 3. The van der Waals surface area contributed by atoms with Crippen molar-refractivity contribution in [3.8, 4) is 0 Å². The van der Waals surface area contributed by atoms with Crippen molar-refractivity contribution in [3.05, 3.63) is 41.7 Å². The van der Waals surface area contributed by atoms with Gasteiger partial charge in [0.25, 0.3) is 0 Å². The van der Waals surface area contributed by atoms with Crippen molar-refractivity contribution in [2.75, 3.05) is 31.9 Å². The van der Waals surface area contributed by atoms with E-state index in [1.165, 1.54) is 36.6 Å². The maximum Gasteiger partial charge on any atom is 0.233 e. The summed E-state index contributed by atoms with van der Waals surface area (Å²) < 4.78 is 2.20. The van der Waals surface area contributed by atoms with Gasteiger partial charge >= 0.3 is 0 Å². The highest BCUT2D eigenvalue weighted by atomic mass is 32.2. The SMILES string of the molecule is O=C(CSc1nnc(CN2CCCC2)n1Cc1ccccc1)N1CCCCC1. The lowest BCUT2D eigenvalue weighted by Crippen LogP contribution is -2.36. The number of nitrogens with zero attached hydrogens (tertiary/aromatic N) is 5. The first-order valence-corrected chi connectivity index (χ1v) is 11.4. The van der Waals surface area contributed by atoms with Crippen molar-refractivity contribution in [1.82, 2.24) is 24.6 Å². The lowest BCUT2D eigenvalue weighted by atomic mass is 10.1. The molecule has 2 aliphatic rings. The summed E-state index contributed by atoms with van der Waals surface area (Å²) in [4.78, 5) is 17.0. The maximum atomic E-state index is 12.6. The minimum atomic E-state index is 0.222. The Labute approximate surface area is 171 Å². The van der Waals surface area contributed by atoms with Gasteiger partial charge in [0.15, 0.2) is 5.16 Å². The fourth-order valence-electron chi connectivity index (χ4n) is 3.97. The number of carbonyl (C=O) groups is 1. The Hall–Kier alpha value is -1.86. The third-order valence-electron chi connectivity index (χ3n) is 5.57. The van der Waals surface area contributed by atoms with E-state index >= 15 is 0 Å². The molecule has 1 aromatic heterocycles. The molecule has 0 atom stereocenters. The summed E-state index contributed by atoms with van der Waals surface area (Å²) >= 11 is 1.53. The van der Waals surface area contributed by atoms with Crippen molar-refractivity contribution in [3.63, 3.8) is 0 Å². The zero-order valence-corrected chi connectivity index (χ0v) is 17.2. The molecular formula is C21H29N5OS. The quantitative estimate of drug-likeness (QED) is 0.670. The van der Waals surface area contributed by atoms with E-state index in [2.05, 4.69) is 43.9 Å². The number of hydrogen-bond donors (Lipinski definition) is 0. The molecule has 2 fully saturated rings. The minimum Gasteiger partial charge on any atom is -0.342 e. The third kappa shape index (κ3) is 4.94. The maximum absolute atomic E-state index is 12.6. The fourth-order valence-corrected chi connectivity index (χ4v) is 4.83. The van der Waals surface area contributed by atoms with Crippen LogP contribution in [0.5, 0.6) is 0 Å². The molecular weight excluding hydrogens is 370 g/mol. The highest BCUT2D eigenvalue weighted by Crippen LogP contribution is 2.22. The van der Waals surface area contributed by atoms with E-state index in [1.807, 2.05) is 11.0 Å². The van der Waals surface area contributed by atoms with Gasteiger partial charge in [-0.25, -0.2) is 0 Å². The summed E-state index contributed by atoms with van der Waals surface area (Å²) in [5.74, 6) is 1.66. The van der Waals surface area contributed by atoms with Crippen LogP contribution in [0, 0.1) is 0 Å². The van der Waals surface area contributed by atoms with E-state index in [0.29, 0.717) is 5.75 Å². The number of rotatable bonds is 7. The Morgan fingerprint density at radius 1 is 0.893 bits per heavy atom. The first-order valence-electron chi connectivity index (χ1n) is 10.4. The predicted octanol–water partition coefficient (Wildman–Crippen LogP) is 3.03. The minimum absolute atomic E-state index is 0.222. The van der Waals surface area contributed by atoms with Gasteiger partial charge in [0, 0.05) is 13.1 Å². The van der Waals surface area contributed by atoms with Crippen molar-refractivity contribution in [1.29, 1.82) is 0 Å². The first kappa shape index (κ1) is 19.5. The van der Waals surface area contributed by atoms with Gasteiger partial charge in [0.2, 0.25) is 5.91 Å². The van der Waals surface area contributed by atoms with E-state index in [4.69, 9.17) is 0 Å². The van der Waals surface area contributed by atoms with E-state index in [1.54, 1.807) is 0 Å². The molecule has 1 amide bonds. The molecule has 2 saturated heterocycles. The summed E-state index contributed by atoms with van der Waals surface area (Å²) in [6.07, 6.45) is 6.01. The number of likely N-dealkylation sites (tertiary alicyclic amines) is 2. The topological polar surface area (TPSA) is 54.3 Å². The summed E-state index contributed by atoms with van der Waals surface area (Å²) in [6.45, 7) is 5.65. The smallest absolute Gasteiger partial charge is 0.233 e. The molecule has 150 valence electrons. The molecule has 1 aromatic carbocycles. The van der Waals surface area contributed by atoms with Gasteiger partial charge in [-0.3, -0.25) is 9.69 Å². The van der Waals surface area contributed by atoms with Gasteiger partial charge in [-0.05, 0) is 50.8 Å². The standard InChI is InChI=1S/C21H29N5OS/c27-20(25-13-5-2-6-14-25)17-28-21-23-22-19(16-24-11-7-8-12-24)26(21)15-18-9-3-1-4-10-18/h1,3-4,9-10H,2,5-8,11-17H2. The molecule has 3 heterocycles. The summed E-state index contributed by atoms with van der Waals surface area (Å²) in [6, 6.07) is 10.4. The lowest BCUT2D eigenvalue weighted by Gasteiger charge is -2.26. The van der Waals surface area contributed by atoms with Gasteiger partial charge in [0.1, 0.15) is 5.82 Å². The molecule has 0 radical (unpaired) electrons. The normalized spacial score (nSPS) is 17.9. The number of piperidine rings is 1. The third-order valence-corrected chi connectivity index (χ3v) is 6.53. The molecule has 2 aromatic rings. The van der Waals surface area contributed by atoms with Crippen molar-refractivity contribution >= 4 is 17.7 Å². The summed E-state index contributed by atoms with van der Waals surface area (Å²) in [5, 5.41) is 9.79. The Morgan fingerprint density at radius 2 is 1.61 bits per heavy atom. The van der Waals surface area contributed by atoms with Crippen molar-refractivity contribution in [2.24, 2.45) is 0 Å². The van der Waals surface area contributed by atoms with E-state index < -0.39 is 0 Å². The Balaban J connectivity index is 1.46. The van der Waals surface area contributed by atoms with E-state index in [-0.39, 0.29) is 5.91 Å². The molecule has 7 heteroatoms. The molecule has 28 heavy (non-hydrogen) atoms. The van der Waals surface area contributed by atoms with Crippen LogP contribution in [0.2, 0.25) is 0 Å². The molecule has 0 bridgehead atoms. The number of hydrogen-bond acceptors (Lipinski definition) is 5. The van der Waals surface area contributed by atoms with Crippen LogP contribution in [-0.2, 0) is 17.9 Å². The summed E-state index contributed by atoms with van der Waals surface area (Å²) in [5.41, 5.74) is 1.23. The second-order valence-electron chi connectivity index (χ2n) is 7.68. The molecule has 2 aliphatic heterocycles. The largest absolute Gasteiger partial charge is 0.342 e. The van der Waals surface area contributed by atoms with Gasteiger partial charge in [-0.2, -0.15) is 0 Å². The van der Waals surface area contributed by atoms with Crippen LogP contribution in [0.25, 0.3) is 0 Å². The van der Waals surface area contributed by atoms with Crippen LogP contribution in [0.1, 0.15) is 43.5 Å². The van der Waals surface area contributed by atoms with Crippen LogP contribution < -0.4 is 0 Å². The summed E-state index contributed by atoms with van der Waals surface area (Å²) in [7, 11) is 0. The first-order chi connectivity index (χ1) is 13.8. The Kier molecular flexibility index (Phi) is 6.65. The van der Waals surface area contributed by atoms with Crippen molar-refractivity contribution < 1.29 is 4.79 Å². The van der Waals surface area contributed by atoms with Gasteiger partial charge in [-0.15, -0.1) is 10.2 Å². The molecule has 0 saturated carbocycles. The number of thioether (sulfide) groups is 1. The number of amides is 1. The Morgan fingerprint density at radius 3 is 2.36 bits per heavy atom. The second-order valence-corrected chi connectivity index (χ2v) is 8.63. The number of carbonyl (C=O) groups excluding carboxylic acids is 1. The predicted molar refractivity (Wildman–Crippen MR) is 111 cm³/mol. The van der Waals surface area contributed by atoms with Crippen LogP contribution in [0.3, 0.4) is 0 Å². The average molecular weight is 400 g/mol. The van der Waals surface area contributed by atoms with Crippen LogP contribution >= 0.6 is 11.8 Å². The van der Waals surface area contributed by atoms with Crippen molar-refractivity contribution in [2.45, 2.75) is 50.4 Å². The van der Waals surface area contributed by atoms with Gasteiger partial charge in [0.05, 0.1) is 18.8 Å². The molecule has 0 spiro atoms. The molecule has 4 rings (SSSR count). The molecule has 0 aliphatic carbocycles. The highest BCUT2D eigenvalue weighted by molar-refractivity contribution is 7.99. The average Bonchev–Trinajstić information content (AvgIpc) is 3.39. The second kappa shape index (κ2) is 9.56. The molecule has 6 nitrogen and oxygen atoms in total. The monoisotopic (exact) mass is 399 g/mol. The number of benzene rings is 1. The zero-order valence-electron chi connectivity index (χ0n) is 16.4. The molecule has 0 N–H and O–H groups in total. The van der Waals surface area contributed by atoms with E-state index in [0.717, 1.165) is 63.1 Å². The molecule has 0 unspecified atom stereocenters. The zero-order chi connectivity index (χ0) is 19.2. The van der Waals surface area contributed by atoms with E-state index in [9.17, 15) is 4.79 Å². The fraction of sp³-hybridized carbons (Fsp3) is 0.571. The van der Waals surface area contributed by atoms with Crippen LogP contribution in [0.15, 0.2) is 35.5 Å². The van der Waals surface area contributed by atoms with Crippen LogP contribution in [0.4, 0.5) is 0 Å². The van der Waals surface area contributed by atoms with Gasteiger partial charge < -0.3 is 9.47 Å². The Bertz CT molecular complexity index is 766. The highest BCUT2D eigenvalue weighted by Gasteiger charge is 2.21. The lowest BCUT2D eigenvalue weighted by molar-refractivity contribution is -0.129.